The van der Waals surface area contributed by atoms with Gasteiger partial charge in [-0.15, -0.1) is 0 Å². The Kier molecular flexibility index (Phi) is 7.68. The van der Waals surface area contributed by atoms with E-state index in [-0.39, 0.29) is 24.4 Å². The lowest BCUT2D eigenvalue weighted by Crippen LogP contribution is -2.48. The van der Waals surface area contributed by atoms with Crippen molar-refractivity contribution in [3.63, 3.8) is 0 Å². The average molecular weight is 608 g/mol. The van der Waals surface area contributed by atoms with Crippen molar-refractivity contribution in [2.45, 2.75) is 13.1 Å². The van der Waals surface area contributed by atoms with Crippen LogP contribution in [0.4, 0.5) is 5.69 Å². The third-order valence-corrected chi connectivity index (χ3v) is 8.30. The predicted octanol–water partition coefficient (Wildman–Crippen LogP) is 5.99. The van der Waals surface area contributed by atoms with Gasteiger partial charge in [0.25, 0.3) is 11.8 Å². The molecule has 0 aromatic heterocycles. The van der Waals surface area contributed by atoms with Gasteiger partial charge in [-0.05, 0) is 71.3 Å². The number of carbonyl (C=O) groups is 2. The van der Waals surface area contributed by atoms with E-state index in [2.05, 4.69) is 11.0 Å². The monoisotopic (exact) mass is 607 g/mol. The van der Waals surface area contributed by atoms with Gasteiger partial charge in [-0.25, -0.2) is 0 Å². The summed E-state index contributed by atoms with van der Waals surface area (Å²) >= 11 is 6.06. The molecule has 44 heavy (non-hydrogen) atoms. The van der Waals surface area contributed by atoms with Crippen LogP contribution in [0.1, 0.15) is 27.0 Å². The highest BCUT2D eigenvalue weighted by Gasteiger charge is 2.30. The highest BCUT2D eigenvalue weighted by atomic mass is 35.5. The molecule has 7 rings (SSSR count). The van der Waals surface area contributed by atoms with Gasteiger partial charge in [-0.2, -0.15) is 0 Å². The van der Waals surface area contributed by atoms with E-state index in [1.807, 2.05) is 77.7 Å². The van der Waals surface area contributed by atoms with Gasteiger partial charge in [0, 0.05) is 43.3 Å². The molecule has 0 N–H and O–H groups in total. The highest BCUT2D eigenvalue weighted by Crippen LogP contribution is 2.37. The van der Waals surface area contributed by atoms with Crippen LogP contribution in [0.2, 0.25) is 5.02 Å². The Bertz CT molecular complexity index is 1730. The summed E-state index contributed by atoms with van der Waals surface area (Å²) in [6.07, 6.45) is 1.72. The quantitative estimate of drug-likeness (QED) is 0.251. The number of anilines is 1. The van der Waals surface area contributed by atoms with Crippen LogP contribution in [0.5, 0.6) is 17.2 Å². The highest BCUT2D eigenvalue weighted by molar-refractivity contribution is 6.30. The van der Waals surface area contributed by atoms with E-state index in [1.54, 1.807) is 23.1 Å². The first-order valence-corrected chi connectivity index (χ1v) is 14.9. The number of halogens is 1. The third kappa shape index (κ3) is 5.86. The van der Waals surface area contributed by atoms with Crippen molar-refractivity contribution in [1.82, 2.24) is 9.80 Å². The molecule has 222 valence electrons. The Morgan fingerprint density at radius 1 is 0.773 bits per heavy atom. The summed E-state index contributed by atoms with van der Waals surface area (Å²) < 4.78 is 16.9. The fraction of sp³-hybridized carbons (Fsp3) is 0.200. The molecule has 2 amide bonds. The Labute approximate surface area is 260 Å². The smallest absolute Gasteiger partial charge is 0.294 e. The van der Waals surface area contributed by atoms with Gasteiger partial charge < -0.3 is 19.1 Å². The lowest BCUT2D eigenvalue weighted by atomic mass is 10.1. The number of amides is 2. The first kappa shape index (κ1) is 28.0. The summed E-state index contributed by atoms with van der Waals surface area (Å²) in [6.45, 7) is 4.33. The Hall–Kier alpha value is -4.79. The molecule has 3 heterocycles. The molecule has 4 aromatic carbocycles. The van der Waals surface area contributed by atoms with Gasteiger partial charge >= 0.3 is 0 Å². The number of piperazine rings is 1. The molecule has 0 aliphatic carbocycles. The fourth-order valence-electron chi connectivity index (χ4n) is 5.65. The van der Waals surface area contributed by atoms with E-state index in [9.17, 15) is 9.59 Å². The second-order valence-corrected chi connectivity index (χ2v) is 11.4. The summed E-state index contributed by atoms with van der Waals surface area (Å²) in [5.74, 6) is 2.16. The van der Waals surface area contributed by atoms with E-state index in [1.165, 1.54) is 0 Å². The minimum atomic E-state index is -0.238. The van der Waals surface area contributed by atoms with Crippen LogP contribution in [0.3, 0.4) is 0 Å². The number of nitrogens with zero attached hydrogens (tertiary/aromatic N) is 3. The predicted molar refractivity (Wildman–Crippen MR) is 168 cm³/mol. The molecule has 0 atom stereocenters. The molecule has 1 saturated heterocycles. The molecule has 4 aromatic rings. The minimum absolute atomic E-state index is 0.00000707. The summed E-state index contributed by atoms with van der Waals surface area (Å²) in [5.41, 5.74) is 4.21. The number of ether oxygens (including phenoxy) is 3. The summed E-state index contributed by atoms with van der Waals surface area (Å²) in [5, 5.41) is 0.643. The molecule has 0 spiro atoms. The fourth-order valence-corrected chi connectivity index (χ4v) is 5.78. The molecular weight excluding hydrogens is 578 g/mol. The van der Waals surface area contributed by atoms with Crippen LogP contribution in [-0.4, -0.2) is 54.6 Å². The van der Waals surface area contributed by atoms with Gasteiger partial charge in [-0.1, -0.05) is 54.1 Å². The standard InChI is InChI=1S/C35H30ClN3O5/c36-28-12-7-25(8-13-28)22-39-29-3-1-2-4-30(29)44-33(35(39)41)19-24-5-10-27(11-6-24)34(40)38-17-15-37(16-18-38)21-26-9-14-31-32(20-26)43-23-42-31/h1-14,19-20H,15-18,21-23H2. The summed E-state index contributed by atoms with van der Waals surface area (Å²) in [6, 6.07) is 28.3. The first-order chi connectivity index (χ1) is 21.5. The van der Waals surface area contributed by atoms with Crippen molar-refractivity contribution in [3.05, 3.63) is 124 Å². The zero-order chi connectivity index (χ0) is 30.0. The van der Waals surface area contributed by atoms with E-state index in [0.717, 1.165) is 47.8 Å². The van der Waals surface area contributed by atoms with Gasteiger partial charge in [0.2, 0.25) is 6.79 Å². The van der Waals surface area contributed by atoms with Gasteiger partial charge in [0.05, 0.1) is 12.2 Å². The normalized spacial score (nSPS) is 17.0. The second-order valence-electron chi connectivity index (χ2n) is 11.0. The van der Waals surface area contributed by atoms with Crippen LogP contribution < -0.4 is 19.1 Å². The van der Waals surface area contributed by atoms with E-state index >= 15 is 0 Å². The Morgan fingerprint density at radius 2 is 1.50 bits per heavy atom. The van der Waals surface area contributed by atoms with Crippen molar-refractivity contribution in [3.8, 4) is 17.2 Å². The van der Waals surface area contributed by atoms with Crippen LogP contribution in [-0.2, 0) is 17.9 Å². The van der Waals surface area contributed by atoms with Crippen LogP contribution >= 0.6 is 11.6 Å². The molecule has 0 saturated carbocycles. The number of hydrogen-bond acceptors (Lipinski definition) is 6. The van der Waals surface area contributed by atoms with Crippen LogP contribution in [0.15, 0.2) is 96.8 Å². The van der Waals surface area contributed by atoms with E-state index in [0.29, 0.717) is 41.7 Å². The number of hydrogen-bond donors (Lipinski definition) is 0. The average Bonchev–Trinajstić information content (AvgIpc) is 3.52. The van der Waals surface area contributed by atoms with Crippen molar-refractivity contribution < 1.29 is 23.8 Å². The molecule has 0 unspecified atom stereocenters. The zero-order valence-electron chi connectivity index (χ0n) is 23.9. The van der Waals surface area contributed by atoms with Gasteiger partial charge in [0.1, 0.15) is 0 Å². The maximum atomic E-state index is 13.6. The first-order valence-electron chi connectivity index (χ1n) is 14.6. The molecule has 3 aliphatic heterocycles. The molecular formula is C35H30ClN3O5. The van der Waals surface area contributed by atoms with Crippen molar-refractivity contribution in [1.29, 1.82) is 0 Å². The van der Waals surface area contributed by atoms with Crippen molar-refractivity contribution in [2.75, 3.05) is 37.9 Å². The molecule has 3 aliphatic rings. The maximum absolute atomic E-state index is 13.6. The van der Waals surface area contributed by atoms with Crippen molar-refractivity contribution >= 4 is 35.2 Å². The Morgan fingerprint density at radius 3 is 2.30 bits per heavy atom. The number of rotatable bonds is 6. The lowest BCUT2D eigenvalue weighted by molar-refractivity contribution is -0.117. The summed E-state index contributed by atoms with van der Waals surface area (Å²) in [7, 11) is 0. The number of benzene rings is 4. The SMILES string of the molecule is O=C(c1ccc(C=C2Oc3ccccc3N(Cc3ccc(Cl)cc3)C2=O)cc1)N1CCN(Cc2ccc3c(c2)OCO3)CC1. The minimum Gasteiger partial charge on any atom is -0.454 e. The molecule has 1 fully saturated rings. The van der Waals surface area contributed by atoms with Crippen molar-refractivity contribution in [2.24, 2.45) is 0 Å². The Balaban J connectivity index is 1.00. The van der Waals surface area contributed by atoms with Crippen LogP contribution in [0, 0.1) is 0 Å². The van der Waals surface area contributed by atoms with Crippen LogP contribution in [0.25, 0.3) is 6.08 Å². The largest absolute Gasteiger partial charge is 0.454 e. The molecule has 9 heteroatoms. The zero-order valence-corrected chi connectivity index (χ0v) is 24.7. The molecule has 8 nitrogen and oxygen atoms in total. The topological polar surface area (TPSA) is 71.6 Å². The number of carbonyl (C=O) groups excluding carboxylic acids is 2. The second kappa shape index (κ2) is 12.1. The van der Waals surface area contributed by atoms with E-state index in [4.69, 9.17) is 25.8 Å². The molecule has 0 bridgehead atoms. The maximum Gasteiger partial charge on any atom is 0.294 e. The van der Waals surface area contributed by atoms with Gasteiger partial charge in [0.15, 0.2) is 23.0 Å². The van der Waals surface area contributed by atoms with E-state index < -0.39 is 0 Å². The lowest BCUT2D eigenvalue weighted by Gasteiger charge is -2.34. The summed E-state index contributed by atoms with van der Waals surface area (Å²) in [4.78, 5) is 32.8. The van der Waals surface area contributed by atoms with Gasteiger partial charge in [-0.3, -0.25) is 19.4 Å². The third-order valence-electron chi connectivity index (χ3n) is 8.04. The molecule has 0 radical (unpaired) electrons. The number of fused-ring (bicyclic) bond motifs is 2. The number of para-hydroxylation sites is 2.